The van der Waals surface area contributed by atoms with E-state index in [1.165, 1.54) is 0 Å². The molecule has 1 aromatic heterocycles. The Hall–Kier alpha value is -3.87. The zero-order valence-corrected chi connectivity index (χ0v) is 17.8. The molecule has 7 nitrogen and oxygen atoms in total. The summed E-state index contributed by atoms with van der Waals surface area (Å²) in [6, 6.07) is 16.8. The molecule has 0 radical (unpaired) electrons. The number of allylic oxidation sites excluding steroid dienone is 2. The molecule has 2 aliphatic rings. The van der Waals surface area contributed by atoms with Gasteiger partial charge in [0.1, 0.15) is 17.3 Å². The minimum atomic E-state index is -0.607. The van der Waals surface area contributed by atoms with Gasteiger partial charge < -0.3 is 10.1 Å². The zero-order chi connectivity index (χ0) is 22.5. The van der Waals surface area contributed by atoms with E-state index in [0.29, 0.717) is 41.3 Å². The van der Waals surface area contributed by atoms with E-state index < -0.39 is 17.2 Å². The first-order valence-electron chi connectivity index (χ1n) is 10.5. The van der Waals surface area contributed by atoms with Crippen molar-refractivity contribution >= 4 is 11.6 Å². The lowest BCUT2D eigenvalue weighted by molar-refractivity contribution is -0.118. The Bertz CT molecular complexity index is 1370. The number of hydrogen-bond acceptors (Lipinski definition) is 5. The summed E-state index contributed by atoms with van der Waals surface area (Å²) in [6.07, 6.45) is 1.03. The number of aromatic amines is 2. The lowest BCUT2D eigenvalue weighted by Gasteiger charge is -2.38. The third kappa shape index (κ3) is 3.56. The number of carbonyl (C=O) groups excluding carboxylic acids is 1. The second kappa shape index (κ2) is 7.37. The number of ether oxygens (including phenoxy) is 1. The standard InChI is InChI=1S/C25H23N3O4/c1-25(2)12-17-20(18(29)13-25)19(21-22(26-17)27-24(31)28-23(21)30)14-7-6-10-16(11-14)32-15-8-4-3-5-9-15/h3-11,19H,12-13H2,1-2H3,(H3,26,27,28,30,31)/t19-/m1/s1. The summed E-state index contributed by atoms with van der Waals surface area (Å²) in [5.41, 5.74) is 1.08. The Morgan fingerprint density at radius 3 is 2.44 bits per heavy atom. The van der Waals surface area contributed by atoms with Crippen LogP contribution in [0.3, 0.4) is 0 Å². The summed E-state index contributed by atoms with van der Waals surface area (Å²) >= 11 is 0. The first-order chi connectivity index (χ1) is 15.3. The molecule has 3 aromatic rings. The van der Waals surface area contributed by atoms with Gasteiger partial charge in [-0.15, -0.1) is 0 Å². The van der Waals surface area contributed by atoms with Gasteiger partial charge in [0.05, 0.1) is 5.56 Å². The highest BCUT2D eigenvalue weighted by atomic mass is 16.5. The van der Waals surface area contributed by atoms with E-state index in [-0.39, 0.29) is 11.2 Å². The van der Waals surface area contributed by atoms with Crippen LogP contribution in [-0.2, 0) is 4.79 Å². The number of aromatic nitrogens is 2. The fourth-order valence-corrected chi connectivity index (χ4v) is 4.66. The van der Waals surface area contributed by atoms with Crippen LogP contribution in [0.25, 0.3) is 0 Å². The molecule has 0 saturated heterocycles. The molecule has 5 rings (SSSR count). The molecule has 2 heterocycles. The van der Waals surface area contributed by atoms with Gasteiger partial charge in [0, 0.05) is 23.6 Å². The number of para-hydroxylation sites is 1. The Morgan fingerprint density at radius 1 is 0.906 bits per heavy atom. The van der Waals surface area contributed by atoms with E-state index in [1.54, 1.807) is 0 Å². The van der Waals surface area contributed by atoms with Crippen LogP contribution in [0.4, 0.5) is 5.82 Å². The zero-order valence-electron chi connectivity index (χ0n) is 17.8. The molecule has 1 aliphatic heterocycles. The van der Waals surface area contributed by atoms with Crippen LogP contribution in [0, 0.1) is 5.41 Å². The summed E-state index contributed by atoms with van der Waals surface area (Å²) in [5, 5.41) is 3.17. The van der Waals surface area contributed by atoms with E-state index in [9.17, 15) is 14.4 Å². The fraction of sp³-hybridized carbons (Fsp3) is 0.240. The van der Waals surface area contributed by atoms with Gasteiger partial charge in [-0.25, -0.2) is 4.79 Å². The van der Waals surface area contributed by atoms with Crippen molar-refractivity contribution in [1.82, 2.24) is 9.97 Å². The third-order valence-electron chi connectivity index (χ3n) is 5.92. The van der Waals surface area contributed by atoms with Gasteiger partial charge in [-0.2, -0.15) is 0 Å². The molecule has 1 aliphatic carbocycles. The van der Waals surface area contributed by atoms with Crippen LogP contribution in [0.5, 0.6) is 11.5 Å². The van der Waals surface area contributed by atoms with Crippen LogP contribution in [-0.4, -0.2) is 15.8 Å². The molecule has 0 spiro atoms. The number of anilines is 1. The SMILES string of the molecule is CC1(C)CC(=O)C2=C(C1)Nc1[nH]c(=O)[nH]c(=O)c1[C@@H]2c1cccc(Oc2ccccc2)c1. The Labute approximate surface area is 184 Å². The van der Waals surface area contributed by atoms with Crippen molar-refractivity contribution in [1.29, 1.82) is 0 Å². The van der Waals surface area contributed by atoms with E-state index >= 15 is 0 Å². The van der Waals surface area contributed by atoms with Gasteiger partial charge in [0.2, 0.25) is 0 Å². The molecule has 162 valence electrons. The van der Waals surface area contributed by atoms with Crippen LogP contribution in [0.1, 0.15) is 43.7 Å². The molecule has 7 heteroatoms. The average Bonchev–Trinajstić information content (AvgIpc) is 2.72. The molecule has 2 aromatic carbocycles. The summed E-state index contributed by atoms with van der Waals surface area (Å²) in [4.78, 5) is 43.1. The molecule has 0 bridgehead atoms. The highest BCUT2D eigenvalue weighted by molar-refractivity contribution is 6.01. The largest absolute Gasteiger partial charge is 0.457 e. The molecule has 3 N–H and O–H groups in total. The molecule has 0 unspecified atom stereocenters. The van der Waals surface area contributed by atoms with Crippen molar-refractivity contribution in [3.8, 4) is 11.5 Å². The van der Waals surface area contributed by atoms with Crippen molar-refractivity contribution in [2.75, 3.05) is 5.32 Å². The normalized spacial score (nSPS) is 19.1. The minimum absolute atomic E-state index is 0.000573. The Balaban J connectivity index is 1.67. The predicted octanol–water partition coefficient (Wildman–Crippen LogP) is 4.06. The predicted molar refractivity (Wildman–Crippen MR) is 121 cm³/mol. The maximum atomic E-state index is 13.3. The van der Waals surface area contributed by atoms with Crippen molar-refractivity contribution in [3.63, 3.8) is 0 Å². The lowest BCUT2D eigenvalue weighted by atomic mass is 9.69. The first-order valence-corrected chi connectivity index (χ1v) is 10.5. The molecular weight excluding hydrogens is 406 g/mol. The molecule has 0 amide bonds. The number of carbonyl (C=O) groups is 1. The monoisotopic (exact) mass is 429 g/mol. The van der Waals surface area contributed by atoms with Crippen LogP contribution < -0.4 is 21.3 Å². The molecular formula is C25H23N3O4. The average molecular weight is 429 g/mol. The van der Waals surface area contributed by atoms with Crippen LogP contribution in [0.15, 0.2) is 75.5 Å². The van der Waals surface area contributed by atoms with E-state index in [1.807, 2.05) is 68.4 Å². The number of rotatable bonds is 3. The van der Waals surface area contributed by atoms with Crippen molar-refractivity contribution < 1.29 is 9.53 Å². The number of ketones is 1. The molecule has 0 fully saturated rings. The van der Waals surface area contributed by atoms with Gasteiger partial charge >= 0.3 is 5.69 Å². The van der Waals surface area contributed by atoms with Gasteiger partial charge in [-0.05, 0) is 41.7 Å². The highest BCUT2D eigenvalue weighted by Gasteiger charge is 2.42. The van der Waals surface area contributed by atoms with Crippen LogP contribution >= 0.6 is 0 Å². The maximum Gasteiger partial charge on any atom is 0.327 e. The number of fused-ring (bicyclic) bond motifs is 1. The quantitative estimate of drug-likeness (QED) is 0.583. The van der Waals surface area contributed by atoms with E-state index in [2.05, 4.69) is 15.3 Å². The topological polar surface area (TPSA) is 104 Å². The Kier molecular flexibility index (Phi) is 4.62. The van der Waals surface area contributed by atoms with E-state index in [0.717, 1.165) is 11.3 Å². The van der Waals surface area contributed by atoms with E-state index in [4.69, 9.17) is 4.74 Å². The maximum absolute atomic E-state index is 13.3. The number of benzene rings is 2. The number of Topliss-reactive ketones (excluding diaryl/α,β-unsaturated/α-hetero) is 1. The third-order valence-corrected chi connectivity index (χ3v) is 5.92. The van der Waals surface area contributed by atoms with Gasteiger partial charge in [0.25, 0.3) is 5.56 Å². The highest BCUT2D eigenvalue weighted by Crippen LogP contribution is 2.47. The van der Waals surface area contributed by atoms with Gasteiger partial charge in [-0.1, -0.05) is 44.2 Å². The second-order valence-corrected chi connectivity index (χ2v) is 9.08. The van der Waals surface area contributed by atoms with Crippen molar-refractivity contribution in [2.45, 2.75) is 32.6 Å². The van der Waals surface area contributed by atoms with Gasteiger partial charge in [0.15, 0.2) is 5.78 Å². The van der Waals surface area contributed by atoms with Gasteiger partial charge in [-0.3, -0.25) is 19.6 Å². The summed E-state index contributed by atoms with van der Waals surface area (Å²) in [5.74, 6) is 1.01. The fourth-order valence-electron chi connectivity index (χ4n) is 4.66. The smallest absolute Gasteiger partial charge is 0.327 e. The molecule has 0 saturated carbocycles. The molecule has 32 heavy (non-hydrogen) atoms. The number of hydrogen-bond donors (Lipinski definition) is 3. The van der Waals surface area contributed by atoms with Crippen molar-refractivity contribution in [3.05, 3.63) is 97.8 Å². The van der Waals surface area contributed by atoms with Crippen LogP contribution in [0.2, 0.25) is 0 Å². The second-order valence-electron chi connectivity index (χ2n) is 9.08. The summed E-state index contributed by atoms with van der Waals surface area (Å²) < 4.78 is 5.98. The number of nitrogens with one attached hydrogen (secondary N) is 3. The lowest BCUT2D eigenvalue weighted by Crippen LogP contribution is -2.38. The number of H-pyrrole nitrogens is 2. The Morgan fingerprint density at radius 2 is 1.66 bits per heavy atom. The summed E-state index contributed by atoms with van der Waals surface area (Å²) in [6.45, 7) is 4.07. The van der Waals surface area contributed by atoms with Crippen molar-refractivity contribution in [2.24, 2.45) is 5.41 Å². The first kappa shape index (κ1) is 20.1. The minimum Gasteiger partial charge on any atom is -0.457 e. The molecule has 1 atom stereocenters. The summed E-state index contributed by atoms with van der Waals surface area (Å²) in [7, 11) is 0.